The molecule has 0 saturated heterocycles. The predicted molar refractivity (Wildman–Crippen MR) is 86.9 cm³/mol. The number of terminal acetylenes is 1. The molecule has 0 N–H and O–H groups in total. The van der Waals surface area contributed by atoms with Crippen molar-refractivity contribution in [2.24, 2.45) is 16.7 Å². The molecule has 0 saturated carbocycles. The van der Waals surface area contributed by atoms with Gasteiger partial charge in [-0.05, 0) is 32.3 Å². The summed E-state index contributed by atoms with van der Waals surface area (Å²) in [5.74, 6) is 9.10. The molecule has 1 atom stereocenters. The number of Topliss-reactive ketones (excluding diaryl/α,β-unsaturated/α-hetero) is 1. The molecule has 0 radical (unpaired) electrons. The highest BCUT2D eigenvalue weighted by atomic mass is 16.1. The Labute approximate surface area is 124 Å². The third-order valence-corrected chi connectivity index (χ3v) is 3.70. The monoisotopic (exact) mass is 270 g/mol. The van der Waals surface area contributed by atoms with Crippen LogP contribution in [0.25, 0.3) is 0 Å². The average Bonchev–Trinajstić information content (AvgIpc) is 2.32. The van der Waals surface area contributed by atoms with Gasteiger partial charge in [-0.15, -0.1) is 6.42 Å². The predicted octanol–water partition coefficient (Wildman–Crippen LogP) is 4.40. The summed E-state index contributed by atoms with van der Waals surface area (Å²) in [5, 5.41) is 0. The van der Waals surface area contributed by atoms with Crippen LogP contribution < -0.4 is 0 Å². The van der Waals surface area contributed by atoms with Crippen LogP contribution >= 0.6 is 0 Å². The van der Waals surface area contributed by atoms with E-state index in [1.54, 1.807) is 13.0 Å². The van der Waals surface area contributed by atoms with Gasteiger partial charge in [-0.3, -0.25) is 4.79 Å². The molecule has 0 unspecified atom stereocenters. The number of carbonyl (C=O) groups excluding carboxylic acids is 1. The standard InChI is InChI=1S/C19H26O/c1-8-18(4,5)19(6,7)14-12-10-9-11-13-16(2)15-17(3)20/h1,9-10,12,14,16H,15H2,2-7H3/b10-9+,14-12+/t16-/m1/s1. The highest BCUT2D eigenvalue weighted by Gasteiger charge is 2.32. The lowest BCUT2D eigenvalue weighted by atomic mass is 9.68. The smallest absolute Gasteiger partial charge is 0.131 e. The Morgan fingerprint density at radius 3 is 2.35 bits per heavy atom. The minimum Gasteiger partial charge on any atom is -0.300 e. The Hall–Kier alpha value is -1.73. The molecule has 0 bridgehead atoms. The van der Waals surface area contributed by atoms with E-state index in [0.717, 1.165) is 0 Å². The fourth-order valence-corrected chi connectivity index (χ4v) is 1.47. The first-order valence-corrected chi connectivity index (χ1v) is 6.95. The lowest BCUT2D eigenvalue weighted by Crippen LogP contribution is -2.28. The van der Waals surface area contributed by atoms with Gasteiger partial charge < -0.3 is 0 Å². The van der Waals surface area contributed by atoms with E-state index in [0.29, 0.717) is 6.42 Å². The summed E-state index contributed by atoms with van der Waals surface area (Å²) in [4.78, 5) is 10.9. The molecule has 0 aromatic rings. The average molecular weight is 270 g/mol. The SMILES string of the molecule is C#CC(C)(C)C(C)(C)/C=C/C=C/C#C[C@@H](C)CC(C)=O. The van der Waals surface area contributed by atoms with Gasteiger partial charge in [0.25, 0.3) is 0 Å². The van der Waals surface area contributed by atoms with Crippen LogP contribution in [-0.4, -0.2) is 5.78 Å². The molecule has 0 fully saturated rings. The molecule has 0 heterocycles. The van der Waals surface area contributed by atoms with E-state index < -0.39 is 0 Å². The van der Waals surface area contributed by atoms with Crippen LogP contribution in [0.3, 0.4) is 0 Å². The zero-order chi connectivity index (χ0) is 15.8. The zero-order valence-corrected chi connectivity index (χ0v) is 13.6. The highest BCUT2D eigenvalue weighted by Crippen LogP contribution is 2.38. The first-order valence-electron chi connectivity index (χ1n) is 6.95. The second-order valence-corrected chi connectivity index (χ2v) is 6.31. The zero-order valence-electron chi connectivity index (χ0n) is 13.6. The molecule has 108 valence electrons. The van der Waals surface area contributed by atoms with Crippen LogP contribution in [0, 0.1) is 40.9 Å². The van der Waals surface area contributed by atoms with Gasteiger partial charge in [0.1, 0.15) is 5.78 Å². The lowest BCUT2D eigenvalue weighted by Gasteiger charge is -2.34. The summed E-state index contributed by atoms with van der Waals surface area (Å²) >= 11 is 0. The van der Waals surface area contributed by atoms with Gasteiger partial charge in [0, 0.05) is 17.8 Å². The first kappa shape index (κ1) is 18.3. The van der Waals surface area contributed by atoms with Crippen molar-refractivity contribution in [3.05, 3.63) is 24.3 Å². The molecular formula is C19H26O. The van der Waals surface area contributed by atoms with Crippen LogP contribution in [-0.2, 0) is 4.79 Å². The van der Waals surface area contributed by atoms with E-state index in [1.165, 1.54) is 0 Å². The summed E-state index contributed by atoms with van der Waals surface area (Å²) in [5.41, 5.74) is -0.277. The van der Waals surface area contributed by atoms with Crippen molar-refractivity contribution >= 4 is 5.78 Å². The van der Waals surface area contributed by atoms with E-state index >= 15 is 0 Å². The van der Waals surface area contributed by atoms with Crippen molar-refractivity contribution in [2.45, 2.75) is 48.0 Å². The molecule has 0 aliphatic rings. The number of ketones is 1. The van der Waals surface area contributed by atoms with Crippen LogP contribution in [0.15, 0.2) is 24.3 Å². The maximum absolute atomic E-state index is 10.9. The third kappa shape index (κ3) is 6.44. The van der Waals surface area contributed by atoms with E-state index in [-0.39, 0.29) is 22.5 Å². The van der Waals surface area contributed by atoms with Gasteiger partial charge >= 0.3 is 0 Å². The van der Waals surface area contributed by atoms with E-state index in [4.69, 9.17) is 6.42 Å². The fourth-order valence-electron chi connectivity index (χ4n) is 1.47. The Bertz CT molecular complexity index is 484. The van der Waals surface area contributed by atoms with Gasteiger partial charge in [0.15, 0.2) is 0 Å². The van der Waals surface area contributed by atoms with Crippen LogP contribution in [0.5, 0.6) is 0 Å². The molecule has 1 heteroatoms. The quantitative estimate of drug-likeness (QED) is 0.534. The molecular weight excluding hydrogens is 244 g/mol. The third-order valence-electron chi connectivity index (χ3n) is 3.70. The van der Waals surface area contributed by atoms with Crippen LogP contribution in [0.1, 0.15) is 48.0 Å². The van der Waals surface area contributed by atoms with Crippen LogP contribution in [0.2, 0.25) is 0 Å². The van der Waals surface area contributed by atoms with Crippen molar-refractivity contribution in [3.8, 4) is 24.2 Å². The van der Waals surface area contributed by atoms with Gasteiger partial charge in [-0.25, -0.2) is 0 Å². The van der Waals surface area contributed by atoms with Gasteiger partial charge in [0.2, 0.25) is 0 Å². The van der Waals surface area contributed by atoms with E-state index in [9.17, 15) is 4.79 Å². The van der Waals surface area contributed by atoms with Crippen molar-refractivity contribution < 1.29 is 4.79 Å². The maximum atomic E-state index is 10.9. The Morgan fingerprint density at radius 2 is 1.85 bits per heavy atom. The lowest BCUT2D eigenvalue weighted by molar-refractivity contribution is -0.117. The topological polar surface area (TPSA) is 17.1 Å². The number of hydrogen-bond donors (Lipinski definition) is 0. The fraction of sp³-hybridized carbons (Fsp3) is 0.526. The molecule has 0 spiro atoms. The number of rotatable bonds is 5. The Balaban J connectivity index is 4.54. The number of hydrogen-bond acceptors (Lipinski definition) is 1. The maximum Gasteiger partial charge on any atom is 0.131 e. The number of allylic oxidation sites excluding steroid dienone is 4. The van der Waals surface area contributed by atoms with Gasteiger partial charge in [-0.2, -0.15) is 0 Å². The molecule has 0 aromatic heterocycles. The minimum atomic E-state index is -0.195. The van der Waals surface area contributed by atoms with Crippen molar-refractivity contribution in [2.75, 3.05) is 0 Å². The number of carbonyl (C=O) groups is 1. The molecule has 0 rings (SSSR count). The van der Waals surface area contributed by atoms with Crippen LogP contribution in [0.4, 0.5) is 0 Å². The summed E-state index contributed by atoms with van der Waals surface area (Å²) < 4.78 is 0. The second kappa shape index (κ2) is 7.76. The molecule has 0 aliphatic carbocycles. The molecule has 0 aliphatic heterocycles. The van der Waals surface area contributed by atoms with Gasteiger partial charge in [0.05, 0.1) is 0 Å². The van der Waals surface area contributed by atoms with E-state index in [2.05, 4.69) is 51.5 Å². The summed E-state index contributed by atoms with van der Waals surface area (Å²) in [7, 11) is 0. The Kier molecular flexibility index (Phi) is 7.09. The largest absolute Gasteiger partial charge is 0.300 e. The molecule has 20 heavy (non-hydrogen) atoms. The summed E-state index contributed by atoms with van der Waals surface area (Å²) in [6.45, 7) is 11.9. The van der Waals surface area contributed by atoms with Crippen molar-refractivity contribution in [1.82, 2.24) is 0 Å². The highest BCUT2D eigenvalue weighted by molar-refractivity contribution is 5.76. The van der Waals surface area contributed by atoms with Crippen molar-refractivity contribution in [1.29, 1.82) is 0 Å². The summed E-state index contributed by atoms with van der Waals surface area (Å²) in [6, 6.07) is 0. The molecule has 1 nitrogen and oxygen atoms in total. The molecule has 0 aromatic carbocycles. The first-order chi connectivity index (χ1) is 9.12. The van der Waals surface area contributed by atoms with Crippen molar-refractivity contribution in [3.63, 3.8) is 0 Å². The normalized spacial score (nSPS) is 13.8. The second-order valence-electron chi connectivity index (χ2n) is 6.31. The Morgan fingerprint density at radius 1 is 1.25 bits per heavy atom. The summed E-state index contributed by atoms with van der Waals surface area (Å²) in [6.07, 6.45) is 13.9. The van der Waals surface area contributed by atoms with E-state index in [1.807, 2.05) is 19.1 Å². The minimum absolute atomic E-state index is 0.0819. The molecule has 0 amide bonds. The van der Waals surface area contributed by atoms with Gasteiger partial charge in [-0.1, -0.05) is 56.8 Å².